The molecule has 1 N–H and O–H groups in total. The maximum atomic E-state index is 12.4. The molecule has 2 rings (SSSR count). The van der Waals surface area contributed by atoms with Crippen LogP contribution in [-0.2, 0) is 10.2 Å². The first kappa shape index (κ1) is 14.4. The van der Waals surface area contributed by atoms with Gasteiger partial charge in [0.1, 0.15) is 0 Å². The Kier molecular flexibility index (Phi) is 4.16. The lowest BCUT2D eigenvalue weighted by Crippen LogP contribution is -2.42. The molecule has 0 spiro atoms. The molecule has 1 aliphatic carbocycles. The molecule has 1 fully saturated rings. The van der Waals surface area contributed by atoms with Crippen LogP contribution in [0.3, 0.4) is 0 Å². The van der Waals surface area contributed by atoms with Gasteiger partial charge in [-0.25, -0.2) is 0 Å². The van der Waals surface area contributed by atoms with Crippen molar-refractivity contribution in [1.82, 2.24) is 10.2 Å². The number of carbonyl (C=O) groups is 1. The van der Waals surface area contributed by atoms with Gasteiger partial charge in [0.15, 0.2) is 0 Å². The molecular weight excluding hydrogens is 260 g/mol. The van der Waals surface area contributed by atoms with E-state index in [1.165, 1.54) is 0 Å². The third kappa shape index (κ3) is 3.10. The Hall–Kier alpha value is -1.06. The van der Waals surface area contributed by atoms with Crippen molar-refractivity contribution >= 4 is 17.5 Å². The Morgan fingerprint density at radius 3 is 2.68 bits per heavy atom. The Morgan fingerprint density at radius 1 is 1.47 bits per heavy atom. The summed E-state index contributed by atoms with van der Waals surface area (Å²) in [6.07, 6.45) is 1.82. The van der Waals surface area contributed by atoms with Gasteiger partial charge < -0.3 is 10.2 Å². The van der Waals surface area contributed by atoms with Crippen LogP contribution >= 0.6 is 11.6 Å². The summed E-state index contributed by atoms with van der Waals surface area (Å²) in [5.74, 6) is 0.128. The fourth-order valence-electron chi connectivity index (χ4n) is 2.15. The third-order valence-electron chi connectivity index (χ3n) is 4.00. The lowest BCUT2D eigenvalue weighted by atomic mass is 9.95. The van der Waals surface area contributed by atoms with E-state index in [2.05, 4.69) is 17.1 Å². The zero-order valence-electron chi connectivity index (χ0n) is 11.7. The topological polar surface area (TPSA) is 32.3 Å². The number of nitrogens with zero attached hydrogens (tertiary/aromatic N) is 1. The van der Waals surface area contributed by atoms with E-state index in [1.807, 2.05) is 38.4 Å². The quantitative estimate of drug-likeness (QED) is 0.898. The normalized spacial score (nSPS) is 18.2. The SMILES string of the molecule is CC(CNC(=O)C1(c2cccc(Cl)c2)CC1)N(C)C. The summed E-state index contributed by atoms with van der Waals surface area (Å²) in [5.41, 5.74) is 0.701. The van der Waals surface area contributed by atoms with Gasteiger partial charge in [0, 0.05) is 17.6 Å². The largest absolute Gasteiger partial charge is 0.354 e. The van der Waals surface area contributed by atoms with Crippen LogP contribution in [0.5, 0.6) is 0 Å². The lowest BCUT2D eigenvalue weighted by molar-refractivity contribution is -0.123. The number of halogens is 1. The minimum absolute atomic E-state index is 0.128. The van der Waals surface area contributed by atoms with Crippen LogP contribution in [0, 0.1) is 0 Å². The molecule has 3 nitrogen and oxygen atoms in total. The predicted octanol–water partition coefficient (Wildman–Crippen LogP) is 2.44. The fourth-order valence-corrected chi connectivity index (χ4v) is 2.34. The summed E-state index contributed by atoms with van der Waals surface area (Å²) >= 11 is 6.01. The average Bonchev–Trinajstić information content (AvgIpc) is 3.16. The minimum atomic E-state index is -0.336. The van der Waals surface area contributed by atoms with Crippen molar-refractivity contribution in [3.63, 3.8) is 0 Å². The summed E-state index contributed by atoms with van der Waals surface area (Å²) in [6.45, 7) is 2.77. The smallest absolute Gasteiger partial charge is 0.230 e. The van der Waals surface area contributed by atoms with Crippen LogP contribution in [0.25, 0.3) is 0 Å². The van der Waals surface area contributed by atoms with E-state index >= 15 is 0 Å². The van der Waals surface area contributed by atoms with Gasteiger partial charge in [0.25, 0.3) is 0 Å². The molecule has 0 saturated heterocycles. The van der Waals surface area contributed by atoms with E-state index < -0.39 is 0 Å². The molecule has 104 valence electrons. The Balaban J connectivity index is 2.03. The lowest BCUT2D eigenvalue weighted by Gasteiger charge is -2.22. The molecule has 1 aromatic rings. The Labute approximate surface area is 119 Å². The molecule has 1 aromatic carbocycles. The molecule has 4 heteroatoms. The molecule has 1 aliphatic rings. The van der Waals surface area contributed by atoms with Crippen molar-refractivity contribution in [3.8, 4) is 0 Å². The summed E-state index contributed by atoms with van der Waals surface area (Å²) in [7, 11) is 4.03. The first-order valence-corrected chi connectivity index (χ1v) is 7.04. The summed E-state index contributed by atoms with van der Waals surface area (Å²) < 4.78 is 0. The standard InChI is InChI=1S/C15H21ClN2O/c1-11(18(2)3)10-17-14(19)15(7-8-15)12-5-4-6-13(16)9-12/h4-6,9,11H,7-8,10H2,1-3H3,(H,17,19). The van der Waals surface area contributed by atoms with Gasteiger partial charge in [-0.1, -0.05) is 23.7 Å². The monoisotopic (exact) mass is 280 g/mol. The first-order valence-electron chi connectivity index (χ1n) is 6.66. The molecule has 0 aliphatic heterocycles. The van der Waals surface area contributed by atoms with Gasteiger partial charge in [-0.3, -0.25) is 4.79 Å². The van der Waals surface area contributed by atoms with Crippen molar-refractivity contribution in [2.75, 3.05) is 20.6 Å². The van der Waals surface area contributed by atoms with Crippen LogP contribution in [0.2, 0.25) is 5.02 Å². The van der Waals surface area contributed by atoms with Crippen molar-refractivity contribution < 1.29 is 4.79 Å². The van der Waals surface area contributed by atoms with Crippen LogP contribution < -0.4 is 5.32 Å². The zero-order valence-corrected chi connectivity index (χ0v) is 12.5. The molecule has 19 heavy (non-hydrogen) atoms. The van der Waals surface area contributed by atoms with E-state index in [9.17, 15) is 4.79 Å². The summed E-state index contributed by atoms with van der Waals surface area (Å²) in [6, 6.07) is 7.98. The van der Waals surface area contributed by atoms with E-state index in [-0.39, 0.29) is 11.3 Å². The Morgan fingerprint density at radius 2 is 2.16 bits per heavy atom. The average molecular weight is 281 g/mol. The van der Waals surface area contributed by atoms with Crippen LogP contribution in [-0.4, -0.2) is 37.5 Å². The van der Waals surface area contributed by atoms with Crippen LogP contribution in [0.1, 0.15) is 25.3 Å². The van der Waals surface area contributed by atoms with Gasteiger partial charge in [0.05, 0.1) is 5.41 Å². The molecule has 1 unspecified atom stereocenters. The zero-order chi connectivity index (χ0) is 14.0. The minimum Gasteiger partial charge on any atom is -0.354 e. The van der Waals surface area contributed by atoms with E-state index in [0.29, 0.717) is 17.6 Å². The van der Waals surface area contributed by atoms with Gasteiger partial charge in [0.2, 0.25) is 5.91 Å². The van der Waals surface area contributed by atoms with Gasteiger partial charge >= 0.3 is 0 Å². The highest BCUT2D eigenvalue weighted by atomic mass is 35.5. The molecule has 0 aromatic heterocycles. The predicted molar refractivity (Wildman–Crippen MR) is 78.5 cm³/mol. The number of rotatable bonds is 5. The third-order valence-corrected chi connectivity index (χ3v) is 4.24. The number of nitrogens with one attached hydrogen (secondary N) is 1. The molecule has 0 bridgehead atoms. The van der Waals surface area contributed by atoms with Gasteiger partial charge in [-0.15, -0.1) is 0 Å². The van der Waals surface area contributed by atoms with E-state index in [4.69, 9.17) is 11.6 Å². The highest BCUT2D eigenvalue weighted by molar-refractivity contribution is 6.30. The second kappa shape index (κ2) is 5.51. The van der Waals surface area contributed by atoms with Crippen molar-refractivity contribution in [2.24, 2.45) is 0 Å². The van der Waals surface area contributed by atoms with Crippen LogP contribution in [0.15, 0.2) is 24.3 Å². The number of likely N-dealkylation sites (N-methyl/N-ethyl adjacent to an activating group) is 1. The number of amides is 1. The summed E-state index contributed by atoms with van der Waals surface area (Å²) in [4.78, 5) is 14.5. The number of carbonyl (C=O) groups excluding carboxylic acids is 1. The second-order valence-electron chi connectivity index (χ2n) is 5.62. The molecule has 1 atom stereocenters. The van der Waals surface area contributed by atoms with Gasteiger partial charge in [-0.05, 0) is 51.6 Å². The molecule has 1 saturated carbocycles. The van der Waals surface area contributed by atoms with Crippen molar-refractivity contribution in [2.45, 2.75) is 31.2 Å². The van der Waals surface area contributed by atoms with Crippen molar-refractivity contribution in [3.05, 3.63) is 34.9 Å². The highest BCUT2D eigenvalue weighted by Gasteiger charge is 2.51. The fraction of sp³-hybridized carbons (Fsp3) is 0.533. The second-order valence-corrected chi connectivity index (χ2v) is 6.05. The van der Waals surface area contributed by atoms with Crippen LogP contribution in [0.4, 0.5) is 0 Å². The molecule has 1 amide bonds. The maximum Gasteiger partial charge on any atom is 0.230 e. The van der Waals surface area contributed by atoms with Gasteiger partial charge in [-0.2, -0.15) is 0 Å². The van der Waals surface area contributed by atoms with E-state index in [1.54, 1.807) is 0 Å². The van der Waals surface area contributed by atoms with Crippen molar-refractivity contribution in [1.29, 1.82) is 0 Å². The Bertz CT molecular complexity index is 469. The first-order chi connectivity index (χ1) is 8.95. The number of hydrogen-bond acceptors (Lipinski definition) is 2. The maximum absolute atomic E-state index is 12.4. The highest BCUT2D eigenvalue weighted by Crippen LogP contribution is 2.48. The molecule has 0 radical (unpaired) electrons. The molecular formula is C15H21ClN2O. The van der Waals surface area contributed by atoms with E-state index in [0.717, 1.165) is 18.4 Å². The summed E-state index contributed by atoms with van der Waals surface area (Å²) in [5, 5.41) is 3.75. The molecule has 0 heterocycles. The number of hydrogen-bond donors (Lipinski definition) is 1. The number of benzene rings is 1.